The predicted molar refractivity (Wildman–Crippen MR) is 110 cm³/mol. The van der Waals surface area contributed by atoms with E-state index < -0.39 is 9.84 Å². The van der Waals surface area contributed by atoms with E-state index in [-0.39, 0.29) is 10.9 Å². The summed E-state index contributed by atoms with van der Waals surface area (Å²) < 4.78 is 40.4. The van der Waals surface area contributed by atoms with Crippen LogP contribution in [0.2, 0.25) is 0 Å². The number of nitrogens with one attached hydrogen (secondary N) is 1. The maximum atomic E-state index is 11.9. The fourth-order valence-corrected chi connectivity index (χ4v) is 3.76. The van der Waals surface area contributed by atoms with Crippen molar-refractivity contribution in [3.05, 3.63) is 48.0 Å². The summed E-state index contributed by atoms with van der Waals surface area (Å²) in [7, 11) is -1.87. The molecule has 0 amide bonds. The highest BCUT2D eigenvalue weighted by Crippen LogP contribution is 2.26. The third-order valence-electron chi connectivity index (χ3n) is 4.17. The van der Waals surface area contributed by atoms with Gasteiger partial charge in [0.1, 0.15) is 17.3 Å². The van der Waals surface area contributed by atoms with Gasteiger partial charge in [0.2, 0.25) is 0 Å². The molecule has 0 heterocycles. The largest absolute Gasteiger partial charge is 0.495 e. The van der Waals surface area contributed by atoms with E-state index in [0.717, 1.165) is 17.1 Å². The molecule has 0 aromatic heterocycles. The van der Waals surface area contributed by atoms with E-state index >= 15 is 0 Å². The summed E-state index contributed by atoms with van der Waals surface area (Å²) >= 11 is 0. The average Bonchev–Trinajstić information content (AvgIpc) is 2.66. The topological polar surface area (TPSA) is 73.9 Å². The SMILES string of the molecule is CCOc1ccccc1OCCNC(C)Cc1ccc(OC)c(S(C)(=O)=O)c1. The van der Waals surface area contributed by atoms with Gasteiger partial charge in [0, 0.05) is 18.8 Å². The van der Waals surface area contributed by atoms with Gasteiger partial charge in [-0.15, -0.1) is 0 Å². The number of benzene rings is 2. The minimum atomic E-state index is -3.34. The molecule has 0 aliphatic carbocycles. The molecule has 7 heteroatoms. The van der Waals surface area contributed by atoms with Gasteiger partial charge in [-0.25, -0.2) is 8.42 Å². The van der Waals surface area contributed by atoms with Gasteiger partial charge >= 0.3 is 0 Å². The van der Waals surface area contributed by atoms with Crippen LogP contribution in [0, 0.1) is 0 Å². The molecule has 1 atom stereocenters. The lowest BCUT2D eigenvalue weighted by Gasteiger charge is -2.16. The van der Waals surface area contributed by atoms with E-state index in [1.54, 1.807) is 12.1 Å². The van der Waals surface area contributed by atoms with Crippen LogP contribution in [0.3, 0.4) is 0 Å². The smallest absolute Gasteiger partial charge is 0.179 e. The molecule has 1 unspecified atom stereocenters. The number of hydrogen-bond donors (Lipinski definition) is 1. The molecule has 0 saturated heterocycles. The standard InChI is InChI=1S/C21H29NO5S/c1-5-26-18-8-6-7-9-19(18)27-13-12-22-16(2)14-17-10-11-20(25-3)21(15-17)28(4,23)24/h6-11,15-16,22H,5,12-14H2,1-4H3. The number of para-hydroxylation sites is 2. The summed E-state index contributed by atoms with van der Waals surface area (Å²) in [6, 6.07) is 13.0. The van der Waals surface area contributed by atoms with Crippen LogP contribution in [0.1, 0.15) is 19.4 Å². The van der Waals surface area contributed by atoms with E-state index in [1.807, 2.05) is 37.3 Å². The lowest BCUT2D eigenvalue weighted by atomic mass is 10.1. The van der Waals surface area contributed by atoms with E-state index in [9.17, 15) is 8.42 Å². The van der Waals surface area contributed by atoms with Crippen molar-refractivity contribution in [1.82, 2.24) is 5.32 Å². The van der Waals surface area contributed by atoms with Gasteiger partial charge in [0.15, 0.2) is 21.3 Å². The molecular formula is C21H29NO5S. The Morgan fingerprint density at radius 2 is 1.71 bits per heavy atom. The Bertz CT molecular complexity index is 867. The number of hydrogen-bond acceptors (Lipinski definition) is 6. The van der Waals surface area contributed by atoms with Gasteiger partial charge in [-0.1, -0.05) is 18.2 Å². The van der Waals surface area contributed by atoms with Crippen LogP contribution in [0.4, 0.5) is 0 Å². The number of ether oxygens (including phenoxy) is 3. The Morgan fingerprint density at radius 3 is 2.32 bits per heavy atom. The monoisotopic (exact) mass is 407 g/mol. The molecule has 0 bridgehead atoms. The second-order valence-electron chi connectivity index (χ2n) is 6.54. The zero-order valence-corrected chi connectivity index (χ0v) is 17.7. The quantitative estimate of drug-likeness (QED) is 0.577. The minimum Gasteiger partial charge on any atom is -0.495 e. The molecule has 0 spiro atoms. The van der Waals surface area contributed by atoms with Crippen LogP contribution >= 0.6 is 0 Å². The first-order valence-corrected chi connectivity index (χ1v) is 11.2. The van der Waals surface area contributed by atoms with Gasteiger partial charge in [0.05, 0.1) is 13.7 Å². The van der Waals surface area contributed by atoms with Crippen molar-refractivity contribution >= 4 is 9.84 Å². The Balaban J connectivity index is 1.87. The Morgan fingerprint density at radius 1 is 1.04 bits per heavy atom. The van der Waals surface area contributed by atoms with Crippen molar-refractivity contribution in [2.75, 3.05) is 33.1 Å². The molecule has 6 nitrogen and oxygen atoms in total. The van der Waals surface area contributed by atoms with E-state index in [0.29, 0.717) is 31.9 Å². The average molecular weight is 408 g/mol. The molecule has 0 saturated carbocycles. The van der Waals surface area contributed by atoms with Crippen LogP contribution < -0.4 is 19.5 Å². The fourth-order valence-electron chi connectivity index (χ4n) is 2.87. The second kappa shape index (κ2) is 10.3. The van der Waals surface area contributed by atoms with E-state index in [1.165, 1.54) is 13.4 Å². The van der Waals surface area contributed by atoms with Gasteiger partial charge in [-0.3, -0.25) is 0 Å². The minimum absolute atomic E-state index is 0.159. The molecule has 1 N–H and O–H groups in total. The molecule has 2 aromatic carbocycles. The number of rotatable bonds is 11. The van der Waals surface area contributed by atoms with Gasteiger partial charge < -0.3 is 19.5 Å². The van der Waals surface area contributed by atoms with Gasteiger partial charge in [0.25, 0.3) is 0 Å². The highest BCUT2D eigenvalue weighted by Gasteiger charge is 2.15. The summed E-state index contributed by atoms with van der Waals surface area (Å²) in [6.07, 6.45) is 1.88. The molecule has 0 aliphatic rings. The second-order valence-corrected chi connectivity index (χ2v) is 8.53. The highest BCUT2D eigenvalue weighted by molar-refractivity contribution is 7.90. The maximum Gasteiger partial charge on any atom is 0.179 e. The molecular weight excluding hydrogens is 378 g/mol. The first-order valence-electron chi connectivity index (χ1n) is 9.30. The first-order chi connectivity index (χ1) is 13.3. The summed E-state index contributed by atoms with van der Waals surface area (Å²) in [5.74, 6) is 1.84. The summed E-state index contributed by atoms with van der Waals surface area (Å²) in [6.45, 7) is 5.75. The zero-order chi connectivity index (χ0) is 20.6. The van der Waals surface area contributed by atoms with Crippen molar-refractivity contribution in [3.8, 4) is 17.2 Å². The highest BCUT2D eigenvalue weighted by atomic mass is 32.2. The lowest BCUT2D eigenvalue weighted by Crippen LogP contribution is -2.31. The van der Waals surface area contributed by atoms with E-state index in [2.05, 4.69) is 12.2 Å². The summed E-state index contributed by atoms with van der Waals surface area (Å²) in [4.78, 5) is 0.218. The Kier molecular flexibility index (Phi) is 8.14. The van der Waals surface area contributed by atoms with Gasteiger partial charge in [-0.05, 0) is 50.1 Å². The van der Waals surface area contributed by atoms with Crippen molar-refractivity contribution in [1.29, 1.82) is 0 Å². The molecule has 0 aliphatic heterocycles. The van der Waals surface area contributed by atoms with E-state index in [4.69, 9.17) is 14.2 Å². The van der Waals surface area contributed by atoms with Crippen LogP contribution in [0.15, 0.2) is 47.4 Å². The first kappa shape index (κ1) is 22.0. The number of methoxy groups -OCH3 is 1. The van der Waals surface area contributed by atoms with Crippen molar-refractivity contribution < 1.29 is 22.6 Å². The molecule has 0 fully saturated rings. The molecule has 0 radical (unpaired) electrons. The lowest BCUT2D eigenvalue weighted by molar-refractivity contribution is 0.272. The number of sulfone groups is 1. The molecule has 2 aromatic rings. The van der Waals surface area contributed by atoms with Crippen LogP contribution in [-0.2, 0) is 16.3 Å². The van der Waals surface area contributed by atoms with Crippen LogP contribution in [0.5, 0.6) is 17.2 Å². The van der Waals surface area contributed by atoms with Crippen molar-refractivity contribution in [2.45, 2.75) is 31.2 Å². The summed E-state index contributed by atoms with van der Waals surface area (Å²) in [5, 5.41) is 3.39. The van der Waals surface area contributed by atoms with Crippen LogP contribution in [-0.4, -0.2) is 47.6 Å². The fraction of sp³-hybridized carbons (Fsp3) is 0.429. The summed E-state index contributed by atoms with van der Waals surface area (Å²) in [5.41, 5.74) is 0.934. The predicted octanol–water partition coefficient (Wildman–Crippen LogP) is 3.10. The normalized spacial score (nSPS) is 12.4. The molecule has 28 heavy (non-hydrogen) atoms. The Hall–Kier alpha value is -2.25. The maximum absolute atomic E-state index is 11.9. The van der Waals surface area contributed by atoms with Crippen molar-refractivity contribution in [3.63, 3.8) is 0 Å². The third kappa shape index (κ3) is 6.42. The third-order valence-corrected chi connectivity index (χ3v) is 5.29. The zero-order valence-electron chi connectivity index (χ0n) is 16.9. The van der Waals surface area contributed by atoms with Crippen molar-refractivity contribution in [2.24, 2.45) is 0 Å². The molecule has 2 rings (SSSR count). The van der Waals surface area contributed by atoms with Gasteiger partial charge in [-0.2, -0.15) is 0 Å². The molecule has 154 valence electrons. The Labute approximate surface area is 167 Å². The van der Waals surface area contributed by atoms with Crippen LogP contribution in [0.25, 0.3) is 0 Å².